The molecule has 0 aliphatic rings. The van der Waals surface area contributed by atoms with Gasteiger partial charge < -0.3 is 11.1 Å². The van der Waals surface area contributed by atoms with E-state index in [2.05, 4.69) is 10.3 Å². The first-order valence-corrected chi connectivity index (χ1v) is 7.16. The van der Waals surface area contributed by atoms with Crippen LogP contribution in [0, 0.1) is 0 Å². The molecule has 1 heterocycles. The molecular weight excluding hydrogens is 262 g/mol. The first kappa shape index (κ1) is 15.2. The smallest absolute Gasteiger partial charge is 0.237 e. The molecule has 2 aromatic rings. The Hall–Kier alpha value is -2.20. The Balaban J connectivity index is 1.82. The van der Waals surface area contributed by atoms with Crippen LogP contribution in [0.3, 0.4) is 0 Å². The van der Waals surface area contributed by atoms with Crippen molar-refractivity contribution in [3.63, 3.8) is 0 Å². The minimum atomic E-state index is -0.491. The zero-order valence-electron chi connectivity index (χ0n) is 12.2. The summed E-state index contributed by atoms with van der Waals surface area (Å²) in [6, 6.07) is 13.3. The van der Waals surface area contributed by atoms with Gasteiger partial charge in [0.1, 0.15) is 0 Å². The molecule has 0 aliphatic heterocycles. The van der Waals surface area contributed by atoms with Gasteiger partial charge in [-0.25, -0.2) is 0 Å². The number of aromatic nitrogens is 1. The van der Waals surface area contributed by atoms with Crippen molar-refractivity contribution < 1.29 is 4.79 Å². The summed E-state index contributed by atoms with van der Waals surface area (Å²) in [5, 5.41) is 2.94. The van der Waals surface area contributed by atoms with Gasteiger partial charge >= 0.3 is 0 Å². The molecule has 2 atom stereocenters. The van der Waals surface area contributed by atoms with E-state index < -0.39 is 6.04 Å². The zero-order chi connectivity index (χ0) is 15.1. The van der Waals surface area contributed by atoms with Gasteiger partial charge in [0.2, 0.25) is 5.91 Å². The first-order valence-electron chi connectivity index (χ1n) is 7.16. The SMILES string of the molecule is CC(NC(=O)[C@@H](N)CCc1ccccc1)c1ccncc1. The lowest BCUT2D eigenvalue weighted by atomic mass is 10.0. The number of rotatable bonds is 6. The molecular formula is C17H21N3O. The van der Waals surface area contributed by atoms with E-state index in [0.29, 0.717) is 6.42 Å². The molecule has 1 aromatic carbocycles. The van der Waals surface area contributed by atoms with Crippen LogP contribution < -0.4 is 11.1 Å². The van der Waals surface area contributed by atoms with Gasteiger partial charge in [-0.3, -0.25) is 9.78 Å². The topological polar surface area (TPSA) is 68.0 Å². The van der Waals surface area contributed by atoms with Crippen molar-refractivity contribution in [3.8, 4) is 0 Å². The third kappa shape index (κ3) is 4.68. The van der Waals surface area contributed by atoms with Gasteiger partial charge in [-0.1, -0.05) is 30.3 Å². The summed E-state index contributed by atoms with van der Waals surface area (Å²) in [5.74, 6) is -0.116. The molecule has 2 rings (SSSR count). The van der Waals surface area contributed by atoms with Crippen molar-refractivity contribution in [3.05, 3.63) is 66.0 Å². The van der Waals surface area contributed by atoms with Crippen LogP contribution in [0.15, 0.2) is 54.9 Å². The summed E-state index contributed by atoms with van der Waals surface area (Å²) < 4.78 is 0. The normalized spacial score (nSPS) is 13.4. The number of aryl methyl sites for hydroxylation is 1. The predicted octanol–water partition coefficient (Wildman–Crippen LogP) is 2.22. The Morgan fingerprint density at radius 3 is 2.52 bits per heavy atom. The van der Waals surface area contributed by atoms with E-state index in [1.54, 1.807) is 12.4 Å². The predicted molar refractivity (Wildman–Crippen MR) is 83.5 cm³/mol. The minimum Gasteiger partial charge on any atom is -0.348 e. The molecule has 0 saturated carbocycles. The van der Waals surface area contributed by atoms with Gasteiger partial charge in [0.05, 0.1) is 12.1 Å². The summed E-state index contributed by atoms with van der Waals surface area (Å²) >= 11 is 0. The van der Waals surface area contributed by atoms with Crippen LogP contribution in [0.5, 0.6) is 0 Å². The average molecular weight is 283 g/mol. The monoisotopic (exact) mass is 283 g/mol. The maximum atomic E-state index is 12.1. The first-order chi connectivity index (χ1) is 10.2. The standard InChI is InChI=1S/C17H21N3O/c1-13(15-9-11-19-12-10-15)20-17(21)16(18)8-7-14-5-3-2-4-6-14/h2-6,9-13,16H,7-8,18H2,1H3,(H,20,21)/t13?,16-/m0/s1. The molecule has 0 bridgehead atoms. The maximum Gasteiger partial charge on any atom is 0.237 e. The second-order valence-electron chi connectivity index (χ2n) is 5.14. The molecule has 1 aromatic heterocycles. The maximum absolute atomic E-state index is 12.1. The molecule has 21 heavy (non-hydrogen) atoms. The van der Waals surface area contributed by atoms with Gasteiger partial charge in [0, 0.05) is 12.4 Å². The van der Waals surface area contributed by atoms with Gasteiger partial charge in [-0.15, -0.1) is 0 Å². The number of hydrogen-bond donors (Lipinski definition) is 2. The van der Waals surface area contributed by atoms with Crippen LogP contribution in [0.2, 0.25) is 0 Å². The molecule has 1 amide bonds. The summed E-state index contributed by atoms with van der Waals surface area (Å²) in [4.78, 5) is 16.1. The fourth-order valence-electron chi connectivity index (χ4n) is 2.15. The molecule has 3 N–H and O–H groups in total. The second kappa shape index (κ2) is 7.55. The number of benzene rings is 1. The van der Waals surface area contributed by atoms with Crippen molar-refractivity contribution in [2.45, 2.75) is 31.8 Å². The third-order valence-electron chi connectivity index (χ3n) is 3.49. The van der Waals surface area contributed by atoms with E-state index in [9.17, 15) is 4.79 Å². The molecule has 0 radical (unpaired) electrons. The van der Waals surface area contributed by atoms with Crippen molar-refractivity contribution in [2.75, 3.05) is 0 Å². The number of hydrogen-bond acceptors (Lipinski definition) is 3. The van der Waals surface area contributed by atoms with Crippen LogP contribution in [-0.4, -0.2) is 16.9 Å². The molecule has 4 nitrogen and oxygen atoms in total. The summed E-state index contributed by atoms with van der Waals surface area (Å²) in [7, 11) is 0. The number of amides is 1. The Kier molecular flexibility index (Phi) is 5.46. The van der Waals surface area contributed by atoms with Gasteiger partial charge in [0.15, 0.2) is 0 Å². The lowest BCUT2D eigenvalue weighted by Crippen LogP contribution is -2.41. The minimum absolute atomic E-state index is 0.0664. The Bertz CT molecular complexity index is 557. The second-order valence-corrected chi connectivity index (χ2v) is 5.14. The molecule has 0 spiro atoms. The molecule has 1 unspecified atom stereocenters. The molecule has 0 aliphatic carbocycles. The summed E-state index contributed by atoms with van der Waals surface area (Å²) in [6.07, 6.45) is 4.87. The van der Waals surface area contributed by atoms with E-state index in [4.69, 9.17) is 5.73 Å². The highest BCUT2D eigenvalue weighted by atomic mass is 16.2. The fourth-order valence-corrected chi connectivity index (χ4v) is 2.15. The molecule has 110 valence electrons. The van der Waals surface area contributed by atoms with Crippen molar-refractivity contribution in [1.82, 2.24) is 10.3 Å². The fraction of sp³-hybridized carbons (Fsp3) is 0.294. The summed E-state index contributed by atoms with van der Waals surface area (Å²) in [6.45, 7) is 1.94. The number of carbonyl (C=O) groups excluding carboxylic acids is 1. The van der Waals surface area contributed by atoms with Gasteiger partial charge in [0.25, 0.3) is 0 Å². The highest BCUT2D eigenvalue weighted by molar-refractivity contribution is 5.81. The molecule has 4 heteroatoms. The number of carbonyl (C=O) groups is 1. The van der Waals surface area contributed by atoms with Crippen LogP contribution >= 0.6 is 0 Å². The highest BCUT2D eigenvalue weighted by Gasteiger charge is 2.16. The number of nitrogens with one attached hydrogen (secondary N) is 1. The largest absolute Gasteiger partial charge is 0.348 e. The Labute approximate surface area is 125 Å². The lowest BCUT2D eigenvalue weighted by molar-refractivity contribution is -0.123. The summed E-state index contributed by atoms with van der Waals surface area (Å²) in [5.41, 5.74) is 8.19. The Morgan fingerprint density at radius 2 is 1.86 bits per heavy atom. The zero-order valence-corrected chi connectivity index (χ0v) is 12.2. The number of pyridine rings is 1. The van der Waals surface area contributed by atoms with Crippen LogP contribution in [0.25, 0.3) is 0 Å². The third-order valence-corrected chi connectivity index (χ3v) is 3.49. The molecule has 0 saturated heterocycles. The number of nitrogens with two attached hydrogens (primary N) is 1. The lowest BCUT2D eigenvalue weighted by Gasteiger charge is -2.17. The van der Waals surface area contributed by atoms with Crippen LogP contribution in [0.4, 0.5) is 0 Å². The van der Waals surface area contributed by atoms with Crippen molar-refractivity contribution in [1.29, 1.82) is 0 Å². The van der Waals surface area contributed by atoms with Crippen LogP contribution in [-0.2, 0) is 11.2 Å². The van der Waals surface area contributed by atoms with E-state index in [1.807, 2.05) is 49.4 Å². The van der Waals surface area contributed by atoms with E-state index in [-0.39, 0.29) is 11.9 Å². The number of nitrogens with zero attached hydrogens (tertiary/aromatic N) is 1. The van der Waals surface area contributed by atoms with E-state index >= 15 is 0 Å². The van der Waals surface area contributed by atoms with Gasteiger partial charge in [-0.05, 0) is 43.0 Å². The van der Waals surface area contributed by atoms with Crippen molar-refractivity contribution >= 4 is 5.91 Å². The molecule has 0 fully saturated rings. The highest BCUT2D eigenvalue weighted by Crippen LogP contribution is 2.11. The van der Waals surface area contributed by atoms with Gasteiger partial charge in [-0.2, -0.15) is 0 Å². The van der Waals surface area contributed by atoms with E-state index in [0.717, 1.165) is 12.0 Å². The quantitative estimate of drug-likeness (QED) is 0.854. The average Bonchev–Trinajstić information content (AvgIpc) is 2.54. The van der Waals surface area contributed by atoms with Crippen LogP contribution in [0.1, 0.15) is 30.5 Å². The van der Waals surface area contributed by atoms with Crippen molar-refractivity contribution in [2.24, 2.45) is 5.73 Å². The van der Waals surface area contributed by atoms with E-state index in [1.165, 1.54) is 5.56 Å². The Morgan fingerprint density at radius 1 is 1.19 bits per heavy atom.